The third-order valence-corrected chi connectivity index (χ3v) is 4.73. The molecule has 3 aromatic rings. The largest absolute Gasteiger partial charge is 0.495 e. The molecule has 158 valence electrons. The second-order valence-corrected chi connectivity index (χ2v) is 6.52. The number of amides is 1. The zero-order chi connectivity index (χ0) is 21.8. The van der Waals surface area contributed by atoms with Gasteiger partial charge in [-0.1, -0.05) is 16.8 Å². The van der Waals surface area contributed by atoms with Crippen LogP contribution in [0, 0.1) is 6.92 Å². The number of nitrogens with one attached hydrogen (secondary N) is 1. The van der Waals surface area contributed by atoms with Gasteiger partial charge in [0.05, 0.1) is 39.2 Å². The first-order valence-electron chi connectivity index (χ1n) is 8.81. The van der Waals surface area contributed by atoms with Gasteiger partial charge in [0.25, 0.3) is 5.91 Å². The summed E-state index contributed by atoms with van der Waals surface area (Å²) in [6.45, 7) is 1.72. The zero-order valence-electron chi connectivity index (χ0n) is 17.1. The smallest absolute Gasteiger partial charge is 0.278 e. The van der Waals surface area contributed by atoms with E-state index in [0.29, 0.717) is 45.1 Å². The van der Waals surface area contributed by atoms with Crippen molar-refractivity contribution in [3.8, 4) is 28.7 Å². The van der Waals surface area contributed by atoms with Crippen LogP contribution in [-0.2, 0) is 0 Å². The monoisotopic (exact) mass is 432 g/mol. The van der Waals surface area contributed by atoms with E-state index in [1.165, 1.54) is 33.1 Å². The second kappa shape index (κ2) is 8.91. The van der Waals surface area contributed by atoms with Crippen molar-refractivity contribution >= 4 is 23.2 Å². The zero-order valence-corrected chi connectivity index (χ0v) is 17.9. The fraction of sp³-hybridized carbons (Fsp3) is 0.250. The minimum absolute atomic E-state index is 0.152. The highest BCUT2D eigenvalue weighted by Gasteiger charge is 2.21. The van der Waals surface area contributed by atoms with Gasteiger partial charge in [0.2, 0.25) is 0 Å². The van der Waals surface area contributed by atoms with Crippen molar-refractivity contribution in [2.75, 3.05) is 33.8 Å². The van der Waals surface area contributed by atoms with Gasteiger partial charge in [0.1, 0.15) is 17.2 Å². The fourth-order valence-corrected chi connectivity index (χ4v) is 3.12. The number of halogens is 1. The molecule has 0 bridgehead atoms. The van der Waals surface area contributed by atoms with Crippen molar-refractivity contribution in [3.63, 3.8) is 0 Å². The molecule has 0 spiro atoms. The summed E-state index contributed by atoms with van der Waals surface area (Å²) in [6, 6.07) is 8.33. The Balaban J connectivity index is 1.92. The molecule has 30 heavy (non-hydrogen) atoms. The Bertz CT molecular complexity index is 1080. The number of aromatic nitrogens is 3. The van der Waals surface area contributed by atoms with Gasteiger partial charge < -0.3 is 24.3 Å². The molecular formula is C20H21ClN4O5. The van der Waals surface area contributed by atoms with Gasteiger partial charge in [0, 0.05) is 17.8 Å². The lowest BCUT2D eigenvalue weighted by Crippen LogP contribution is -2.14. The summed E-state index contributed by atoms with van der Waals surface area (Å²) in [4.78, 5) is 12.8. The molecule has 0 atom stereocenters. The van der Waals surface area contributed by atoms with E-state index >= 15 is 0 Å². The number of anilines is 1. The normalized spacial score (nSPS) is 10.5. The summed E-state index contributed by atoms with van der Waals surface area (Å²) in [5.41, 5.74) is 1.71. The van der Waals surface area contributed by atoms with E-state index in [1.54, 1.807) is 37.3 Å². The van der Waals surface area contributed by atoms with Crippen LogP contribution in [0.2, 0.25) is 5.02 Å². The van der Waals surface area contributed by atoms with Crippen LogP contribution in [0.15, 0.2) is 30.3 Å². The maximum atomic E-state index is 12.8. The molecule has 0 unspecified atom stereocenters. The third kappa shape index (κ3) is 3.97. The fourth-order valence-electron chi connectivity index (χ4n) is 2.88. The Morgan fingerprint density at radius 2 is 1.60 bits per heavy atom. The lowest BCUT2D eigenvalue weighted by atomic mass is 10.2. The maximum absolute atomic E-state index is 12.8. The highest BCUT2D eigenvalue weighted by Crippen LogP contribution is 2.35. The van der Waals surface area contributed by atoms with Crippen LogP contribution in [0.1, 0.15) is 16.2 Å². The van der Waals surface area contributed by atoms with Crippen molar-refractivity contribution in [1.29, 1.82) is 0 Å². The van der Waals surface area contributed by atoms with Gasteiger partial charge >= 0.3 is 0 Å². The van der Waals surface area contributed by atoms with Crippen LogP contribution in [0.3, 0.4) is 0 Å². The molecule has 1 heterocycles. The molecular weight excluding hydrogens is 412 g/mol. The van der Waals surface area contributed by atoms with Crippen molar-refractivity contribution in [3.05, 3.63) is 46.7 Å². The summed E-state index contributed by atoms with van der Waals surface area (Å²) < 4.78 is 22.6. The van der Waals surface area contributed by atoms with Crippen LogP contribution >= 0.6 is 11.6 Å². The summed E-state index contributed by atoms with van der Waals surface area (Å²) in [5, 5.41) is 11.3. The Morgan fingerprint density at radius 3 is 2.23 bits per heavy atom. The molecule has 1 amide bonds. The van der Waals surface area contributed by atoms with E-state index in [1.807, 2.05) is 0 Å². The van der Waals surface area contributed by atoms with Gasteiger partial charge in [-0.05, 0) is 25.1 Å². The molecule has 0 aliphatic rings. The number of carbonyl (C=O) groups excluding carboxylic acids is 1. The number of ether oxygens (including phenoxy) is 4. The number of hydrogen-bond donors (Lipinski definition) is 1. The van der Waals surface area contributed by atoms with Gasteiger partial charge in [-0.15, -0.1) is 5.10 Å². The topological polar surface area (TPSA) is 96.7 Å². The molecule has 0 radical (unpaired) electrons. The number of benzene rings is 2. The Hall–Kier alpha value is -3.46. The minimum Gasteiger partial charge on any atom is -0.495 e. The molecule has 10 heteroatoms. The number of carbonyl (C=O) groups is 1. The SMILES string of the molecule is COc1cc(OC)c(-n2nnc(C(=O)Nc3ccc(OC)c(OC)c3)c2C)cc1Cl. The van der Waals surface area contributed by atoms with Crippen LogP contribution < -0.4 is 24.3 Å². The highest BCUT2D eigenvalue weighted by atomic mass is 35.5. The molecule has 2 aromatic carbocycles. The van der Waals surface area contributed by atoms with Crippen molar-refractivity contribution in [2.24, 2.45) is 0 Å². The van der Waals surface area contributed by atoms with Crippen LogP contribution in [-0.4, -0.2) is 49.3 Å². The molecule has 1 N–H and O–H groups in total. The van der Waals surface area contributed by atoms with E-state index in [4.69, 9.17) is 30.5 Å². The Labute approximate surface area is 178 Å². The summed E-state index contributed by atoms with van der Waals surface area (Å²) in [7, 11) is 6.09. The molecule has 1 aromatic heterocycles. The molecule has 0 saturated carbocycles. The van der Waals surface area contributed by atoms with Crippen molar-refractivity contribution in [2.45, 2.75) is 6.92 Å². The third-order valence-electron chi connectivity index (χ3n) is 4.43. The summed E-state index contributed by atoms with van der Waals surface area (Å²) in [6.07, 6.45) is 0. The quantitative estimate of drug-likeness (QED) is 0.610. The molecule has 3 rings (SSSR count). The number of methoxy groups -OCH3 is 4. The van der Waals surface area contributed by atoms with Crippen molar-refractivity contribution < 1.29 is 23.7 Å². The Kier molecular flexibility index (Phi) is 6.31. The summed E-state index contributed by atoms with van der Waals surface area (Å²) >= 11 is 6.25. The number of rotatable bonds is 7. The van der Waals surface area contributed by atoms with Gasteiger partial charge in [-0.2, -0.15) is 0 Å². The first kappa shape index (κ1) is 21.3. The molecule has 9 nitrogen and oxygen atoms in total. The standard InChI is InChI=1S/C20H21ClN4O5/c1-11-19(20(26)22-12-6-7-15(27-2)18(8-12)30-5)23-24-25(11)14-9-13(21)16(28-3)10-17(14)29-4/h6-10H,1-5H3,(H,22,26). The van der Waals surface area contributed by atoms with E-state index in [9.17, 15) is 4.79 Å². The molecule has 0 saturated heterocycles. The molecule has 0 aliphatic heterocycles. The predicted octanol–water partition coefficient (Wildman–Crippen LogP) is 3.52. The van der Waals surface area contributed by atoms with Crippen LogP contribution in [0.4, 0.5) is 5.69 Å². The van der Waals surface area contributed by atoms with E-state index < -0.39 is 5.91 Å². The number of hydrogen-bond acceptors (Lipinski definition) is 7. The predicted molar refractivity (Wildman–Crippen MR) is 112 cm³/mol. The van der Waals surface area contributed by atoms with Crippen LogP contribution in [0.25, 0.3) is 5.69 Å². The van der Waals surface area contributed by atoms with E-state index in [2.05, 4.69) is 15.6 Å². The lowest BCUT2D eigenvalue weighted by Gasteiger charge is -2.13. The van der Waals surface area contributed by atoms with Gasteiger partial charge in [-0.3, -0.25) is 4.79 Å². The van der Waals surface area contributed by atoms with Gasteiger partial charge in [0.15, 0.2) is 17.2 Å². The van der Waals surface area contributed by atoms with Gasteiger partial charge in [-0.25, -0.2) is 4.68 Å². The summed E-state index contributed by atoms with van der Waals surface area (Å²) in [5.74, 6) is 1.55. The average Bonchev–Trinajstić information content (AvgIpc) is 3.14. The lowest BCUT2D eigenvalue weighted by molar-refractivity contribution is 0.102. The maximum Gasteiger partial charge on any atom is 0.278 e. The second-order valence-electron chi connectivity index (χ2n) is 6.12. The molecule has 0 fully saturated rings. The highest BCUT2D eigenvalue weighted by molar-refractivity contribution is 6.32. The average molecular weight is 433 g/mol. The van der Waals surface area contributed by atoms with Crippen molar-refractivity contribution in [1.82, 2.24) is 15.0 Å². The van der Waals surface area contributed by atoms with E-state index in [-0.39, 0.29) is 5.69 Å². The first-order chi connectivity index (χ1) is 14.4. The first-order valence-corrected chi connectivity index (χ1v) is 9.18. The molecule has 0 aliphatic carbocycles. The number of nitrogens with zero attached hydrogens (tertiary/aromatic N) is 3. The minimum atomic E-state index is -0.426. The van der Waals surface area contributed by atoms with E-state index in [0.717, 1.165) is 0 Å². The van der Waals surface area contributed by atoms with Crippen LogP contribution in [0.5, 0.6) is 23.0 Å². The Morgan fingerprint density at radius 1 is 0.933 bits per heavy atom.